The van der Waals surface area contributed by atoms with Gasteiger partial charge in [-0.3, -0.25) is 0 Å². The Labute approximate surface area is 73.0 Å². The molecule has 0 rings (SSSR count). The van der Waals surface area contributed by atoms with E-state index in [1.54, 1.807) is 7.11 Å². The topological polar surface area (TPSA) is 46.5 Å². The van der Waals surface area contributed by atoms with E-state index in [1.165, 1.54) is 6.08 Å². The van der Waals surface area contributed by atoms with Crippen molar-refractivity contribution in [2.75, 3.05) is 13.7 Å². The molecular formula is C9H16O3. The third-order valence-corrected chi connectivity index (χ3v) is 1.51. The maximum atomic E-state index is 10.3. The first-order valence-corrected chi connectivity index (χ1v) is 4.12. The highest BCUT2D eigenvalue weighted by atomic mass is 16.5. The van der Waals surface area contributed by atoms with Crippen molar-refractivity contribution < 1.29 is 14.6 Å². The second kappa shape index (κ2) is 6.85. The molecule has 0 aliphatic heterocycles. The molecule has 70 valence electrons. The molecule has 0 saturated carbocycles. The van der Waals surface area contributed by atoms with Crippen molar-refractivity contribution >= 4 is 5.97 Å². The van der Waals surface area contributed by atoms with Crippen LogP contribution in [0.5, 0.6) is 0 Å². The largest absolute Gasteiger partial charge is 0.478 e. The lowest BCUT2D eigenvalue weighted by molar-refractivity contribution is -0.131. The van der Waals surface area contributed by atoms with E-state index in [1.807, 2.05) is 0 Å². The van der Waals surface area contributed by atoms with Crippen LogP contribution in [0, 0.1) is 0 Å². The molecule has 0 heterocycles. The molecule has 0 atom stereocenters. The first-order chi connectivity index (χ1) is 5.70. The van der Waals surface area contributed by atoms with E-state index in [-0.39, 0.29) is 0 Å². The number of rotatable bonds is 6. The minimum atomic E-state index is -0.891. The van der Waals surface area contributed by atoms with Crippen LogP contribution in [0.4, 0.5) is 0 Å². The zero-order valence-electron chi connectivity index (χ0n) is 7.67. The fourth-order valence-electron chi connectivity index (χ4n) is 0.950. The summed E-state index contributed by atoms with van der Waals surface area (Å²) >= 11 is 0. The summed E-state index contributed by atoms with van der Waals surface area (Å²) in [6, 6.07) is 0. The second-order valence-electron chi connectivity index (χ2n) is 2.68. The lowest BCUT2D eigenvalue weighted by Gasteiger charge is -2.03. The Hall–Kier alpha value is -0.830. The smallest absolute Gasteiger partial charge is 0.328 e. The molecule has 0 aromatic carbocycles. The SMILES string of the molecule is CCCC/C(=C/C(=O)O)COC. The van der Waals surface area contributed by atoms with Gasteiger partial charge in [0.15, 0.2) is 0 Å². The normalized spacial score (nSPS) is 11.7. The Kier molecular flexibility index (Phi) is 6.38. The molecule has 3 heteroatoms. The Morgan fingerprint density at radius 2 is 2.25 bits per heavy atom. The van der Waals surface area contributed by atoms with Crippen molar-refractivity contribution in [3.8, 4) is 0 Å². The summed E-state index contributed by atoms with van der Waals surface area (Å²) in [7, 11) is 1.57. The summed E-state index contributed by atoms with van der Waals surface area (Å²) in [5.41, 5.74) is 0.854. The molecule has 0 unspecified atom stereocenters. The first kappa shape index (κ1) is 11.2. The van der Waals surface area contributed by atoms with Crippen LogP contribution in [0.25, 0.3) is 0 Å². The van der Waals surface area contributed by atoms with Gasteiger partial charge in [-0.1, -0.05) is 13.3 Å². The van der Waals surface area contributed by atoms with Gasteiger partial charge in [0.25, 0.3) is 0 Å². The van der Waals surface area contributed by atoms with Crippen molar-refractivity contribution in [1.82, 2.24) is 0 Å². The molecule has 0 fully saturated rings. The molecule has 1 N–H and O–H groups in total. The van der Waals surface area contributed by atoms with Gasteiger partial charge in [0.05, 0.1) is 6.61 Å². The monoisotopic (exact) mass is 172 g/mol. The Morgan fingerprint density at radius 1 is 1.58 bits per heavy atom. The summed E-state index contributed by atoms with van der Waals surface area (Å²) in [4.78, 5) is 10.3. The van der Waals surface area contributed by atoms with Crippen molar-refractivity contribution in [2.24, 2.45) is 0 Å². The van der Waals surface area contributed by atoms with Crippen LogP contribution >= 0.6 is 0 Å². The van der Waals surface area contributed by atoms with Gasteiger partial charge in [-0.05, 0) is 18.4 Å². The number of carbonyl (C=O) groups is 1. The molecule has 0 spiro atoms. The predicted octanol–water partition coefficient (Wildman–Crippen LogP) is 1.83. The molecule has 12 heavy (non-hydrogen) atoms. The van der Waals surface area contributed by atoms with Crippen LogP contribution < -0.4 is 0 Å². The number of unbranched alkanes of at least 4 members (excludes halogenated alkanes) is 1. The summed E-state index contributed by atoms with van der Waals surface area (Å²) in [5, 5.41) is 8.48. The van der Waals surface area contributed by atoms with E-state index in [0.29, 0.717) is 6.61 Å². The lowest BCUT2D eigenvalue weighted by Crippen LogP contribution is -1.99. The molecule has 0 amide bonds. The predicted molar refractivity (Wildman–Crippen MR) is 47.1 cm³/mol. The molecule has 3 nitrogen and oxygen atoms in total. The van der Waals surface area contributed by atoms with Crippen molar-refractivity contribution in [3.63, 3.8) is 0 Å². The van der Waals surface area contributed by atoms with Gasteiger partial charge in [0.1, 0.15) is 0 Å². The number of methoxy groups -OCH3 is 1. The Bertz CT molecular complexity index is 161. The number of hydrogen-bond acceptors (Lipinski definition) is 2. The van der Waals surface area contributed by atoms with Crippen molar-refractivity contribution in [2.45, 2.75) is 26.2 Å². The lowest BCUT2D eigenvalue weighted by atomic mass is 10.1. The molecule has 0 aliphatic carbocycles. The van der Waals surface area contributed by atoms with Crippen molar-refractivity contribution in [3.05, 3.63) is 11.6 Å². The quantitative estimate of drug-likeness (QED) is 0.622. The van der Waals surface area contributed by atoms with Gasteiger partial charge < -0.3 is 9.84 Å². The van der Waals surface area contributed by atoms with Gasteiger partial charge in [0, 0.05) is 13.2 Å². The second-order valence-corrected chi connectivity index (χ2v) is 2.68. The molecule has 0 radical (unpaired) electrons. The van der Waals surface area contributed by atoms with Gasteiger partial charge in [0.2, 0.25) is 0 Å². The summed E-state index contributed by atoms with van der Waals surface area (Å²) in [6.45, 7) is 2.50. The van der Waals surface area contributed by atoms with E-state index in [4.69, 9.17) is 9.84 Å². The van der Waals surface area contributed by atoms with E-state index in [9.17, 15) is 4.79 Å². The van der Waals surface area contributed by atoms with Gasteiger partial charge in [-0.2, -0.15) is 0 Å². The Morgan fingerprint density at radius 3 is 2.67 bits per heavy atom. The number of carboxylic acids is 1. The van der Waals surface area contributed by atoms with Crippen molar-refractivity contribution in [1.29, 1.82) is 0 Å². The minimum Gasteiger partial charge on any atom is -0.478 e. The fourth-order valence-corrected chi connectivity index (χ4v) is 0.950. The van der Waals surface area contributed by atoms with Crippen LogP contribution in [-0.2, 0) is 9.53 Å². The van der Waals surface area contributed by atoms with Crippen LogP contribution in [0.2, 0.25) is 0 Å². The average Bonchev–Trinajstić information content (AvgIpc) is 2.00. The highest BCUT2D eigenvalue weighted by Gasteiger charge is 1.99. The van der Waals surface area contributed by atoms with Gasteiger partial charge >= 0.3 is 5.97 Å². The summed E-state index contributed by atoms with van der Waals surface area (Å²) in [5.74, 6) is -0.891. The molecule has 0 aliphatic rings. The van der Waals surface area contributed by atoms with E-state index < -0.39 is 5.97 Å². The Balaban J connectivity index is 3.93. The fraction of sp³-hybridized carbons (Fsp3) is 0.667. The van der Waals surface area contributed by atoms with Crippen LogP contribution in [0.1, 0.15) is 26.2 Å². The number of aliphatic carboxylic acids is 1. The van der Waals surface area contributed by atoms with Gasteiger partial charge in [-0.25, -0.2) is 4.79 Å². The zero-order chi connectivity index (χ0) is 9.40. The molecule has 0 bridgehead atoms. The first-order valence-electron chi connectivity index (χ1n) is 4.12. The summed E-state index contributed by atoms with van der Waals surface area (Å²) < 4.78 is 4.87. The third-order valence-electron chi connectivity index (χ3n) is 1.51. The van der Waals surface area contributed by atoms with Crippen LogP contribution in [0.3, 0.4) is 0 Å². The van der Waals surface area contributed by atoms with Crippen LogP contribution in [-0.4, -0.2) is 24.8 Å². The van der Waals surface area contributed by atoms with E-state index in [2.05, 4.69) is 6.92 Å². The molecule has 0 aromatic heterocycles. The van der Waals surface area contributed by atoms with E-state index >= 15 is 0 Å². The maximum Gasteiger partial charge on any atom is 0.328 e. The molecule has 0 saturated heterocycles. The zero-order valence-corrected chi connectivity index (χ0v) is 7.67. The molecular weight excluding hydrogens is 156 g/mol. The highest BCUT2D eigenvalue weighted by molar-refractivity contribution is 5.80. The summed E-state index contributed by atoms with van der Waals surface area (Å²) in [6.07, 6.45) is 4.14. The number of carboxylic acid groups (broad SMARTS) is 1. The number of hydrogen-bond donors (Lipinski definition) is 1. The highest BCUT2D eigenvalue weighted by Crippen LogP contribution is 2.07. The standard InChI is InChI=1S/C9H16O3/c1-3-4-5-8(7-12-2)6-9(10)11/h6H,3-5,7H2,1-2H3,(H,10,11)/b8-6-. The minimum absolute atomic E-state index is 0.423. The van der Waals surface area contributed by atoms with Gasteiger partial charge in [-0.15, -0.1) is 0 Å². The molecule has 0 aromatic rings. The average molecular weight is 172 g/mol. The third kappa shape index (κ3) is 5.92. The number of ether oxygens (including phenoxy) is 1. The van der Waals surface area contributed by atoms with E-state index in [0.717, 1.165) is 24.8 Å². The van der Waals surface area contributed by atoms with Crippen LogP contribution in [0.15, 0.2) is 11.6 Å². The maximum absolute atomic E-state index is 10.3.